The van der Waals surface area contributed by atoms with Gasteiger partial charge in [0.05, 0.1) is 17.9 Å². The molecule has 3 aliphatic rings. The lowest BCUT2D eigenvalue weighted by Gasteiger charge is -2.21. The molecular weight excluding hydrogens is 336 g/mol. The molecule has 2 aliphatic carbocycles. The number of carbonyl (C=O) groups excluding carboxylic acids is 3. The first-order valence-electron chi connectivity index (χ1n) is 9.44. The highest BCUT2D eigenvalue weighted by Gasteiger charge is 2.58. The molecule has 3 rings (SSSR count). The summed E-state index contributed by atoms with van der Waals surface area (Å²) in [5.74, 6) is -0.0935. The number of amides is 3. The molecule has 5 unspecified atom stereocenters. The number of ether oxygens (including phenoxy) is 1. The molecule has 1 heterocycles. The molecule has 0 spiro atoms. The number of aliphatic hydroxyl groups excluding tert-OH is 1. The average Bonchev–Trinajstić information content (AvgIpc) is 3.29. The van der Waals surface area contributed by atoms with Gasteiger partial charge in [-0.25, -0.2) is 0 Å². The average molecular weight is 364 g/mol. The van der Waals surface area contributed by atoms with Gasteiger partial charge in [0.25, 0.3) is 0 Å². The Labute approximate surface area is 154 Å². The molecule has 1 saturated heterocycles. The molecule has 7 nitrogen and oxygen atoms in total. The number of likely N-dealkylation sites (tertiary alicyclic amines) is 1. The Morgan fingerprint density at radius 3 is 2.50 bits per heavy atom. The van der Waals surface area contributed by atoms with Crippen molar-refractivity contribution in [1.82, 2.24) is 9.80 Å². The molecule has 0 radical (unpaired) electrons. The van der Waals surface area contributed by atoms with E-state index in [0.717, 1.165) is 6.42 Å². The van der Waals surface area contributed by atoms with Crippen LogP contribution in [-0.2, 0) is 19.1 Å². The predicted octanol–water partition coefficient (Wildman–Crippen LogP) is 0.777. The van der Waals surface area contributed by atoms with Crippen LogP contribution in [0.4, 0.5) is 0 Å². The van der Waals surface area contributed by atoms with Gasteiger partial charge in [0, 0.05) is 26.6 Å². The first-order valence-corrected chi connectivity index (χ1v) is 9.44. The lowest BCUT2D eigenvalue weighted by Crippen LogP contribution is -2.35. The Kier molecular flexibility index (Phi) is 5.77. The summed E-state index contributed by atoms with van der Waals surface area (Å²) in [4.78, 5) is 40.2. The number of aliphatic hydroxyl groups is 1. The number of imide groups is 1. The molecule has 0 aromatic carbocycles. The van der Waals surface area contributed by atoms with Crippen molar-refractivity contribution in [3.63, 3.8) is 0 Å². The number of carbonyl (C=O) groups is 3. The van der Waals surface area contributed by atoms with E-state index in [2.05, 4.69) is 12.2 Å². The SMILES string of the molecule is CC(CCO)OCN(C)C(=O)CCCN1C(=O)C2C3C=CC(C3)C2C1=O. The van der Waals surface area contributed by atoms with Gasteiger partial charge in [-0.2, -0.15) is 0 Å². The number of hydrogen-bond acceptors (Lipinski definition) is 5. The van der Waals surface area contributed by atoms with Crippen molar-refractivity contribution in [3.05, 3.63) is 12.2 Å². The summed E-state index contributed by atoms with van der Waals surface area (Å²) in [5, 5.41) is 8.85. The number of fused-ring (bicyclic) bond motifs is 5. The fourth-order valence-corrected chi connectivity index (χ4v) is 4.34. The van der Waals surface area contributed by atoms with Crippen LogP contribution in [-0.4, -0.2) is 65.7 Å². The van der Waals surface area contributed by atoms with E-state index in [9.17, 15) is 14.4 Å². The number of rotatable bonds is 9. The number of allylic oxidation sites excluding steroid dienone is 2. The van der Waals surface area contributed by atoms with Crippen molar-refractivity contribution < 1.29 is 24.2 Å². The zero-order valence-electron chi connectivity index (χ0n) is 15.5. The van der Waals surface area contributed by atoms with E-state index in [0.29, 0.717) is 19.4 Å². The monoisotopic (exact) mass is 364 g/mol. The minimum atomic E-state index is -0.169. The van der Waals surface area contributed by atoms with Crippen LogP contribution in [0, 0.1) is 23.7 Å². The molecule has 26 heavy (non-hydrogen) atoms. The Hall–Kier alpha value is -1.73. The van der Waals surface area contributed by atoms with Crippen LogP contribution in [0.2, 0.25) is 0 Å². The van der Waals surface area contributed by atoms with Gasteiger partial charge in [-0.05, 0) is 38.0 Å². The Morgan fingerprint density at radius 2 is 1.92 bits per heavy atom. The van der Waals surface area contributed by atoms with E-state index in [-0.39, 0.29) is 67.3 Å². The minimum Gasteiger partial charge on any atom is -0.396 e. The molecule has 0 aromatic rings. The normalized spacial score (nSPS) is 30.2. The minimum absolute atomic E-state index is 0.0515. The highest BCUT2D eigenvalue weighted by Crippen LogP contribution is 2.52. The molecule has 144 valence electrons. The van der Waals surface area contributed by atoms with Crippen molar-refractivity contribution in [2.75, 3.05) is 26.9 Å². The maximum absolute atomic E-state index is 12.6. The molecular formula is C19H28N2O5. The first kappa shape index (κ1) is 19.0. The molecule has 1 N–H and O–H groups in total. The smallest absolute Gasteiger partial charge is 0.233 e. The second kappa shape index (κ2) is 7.88. The van der Waals surface area contributed by atoms with Crippen LogP contribution in [0.1, 0.15) is 32.6 Å². The predicted molar refractivity (Wildman–Crippen MR) is 93.6 cm³/mol. The van der Waals surface area contributed by atoms with Gasteiger partial charge < -0.3 is 14.7 Å². The van der Waals surface area contributed by atoms with Gasteiger partial charge in [-0.15, -0.1) is 0 Å². The number of nitrogens with zero attached hydrogens (tertiary/aromatic N) is 2. The summed E-state index contributed by atoms with van der Waals surface area (Å²) in [5.41, 5.74) is 0. The summed E-state index contributed by atoms with van der Waals surface area (Å²) >= 11 is 0. The first-order chi connectivity index (χ1) is 12.4. The molecule has 3 amide bonds. The molecule has 2 bridgehead atoms. The van der Waals surface area contributed by atoms with E-state index >= 15 is 0 Å². The van der Waals surface area contributed by atoms with Gasteiger partial charge >= 0.3 is 0 Å². The Morgan fingerprint density at radius 1 is 1.31 bits per heavy atom. The summed E-state index contributed by atoms with van der Waals surface area (Å²) in [6.45, 7) is 2.38. The van der Waals surface area contributed by atoms with E-state index in [1.807, 2.05) is 6.92 Å². The van der Waals surface area contributed by atoms with Crippen molar-refractivity contribution in [2.45, 2.75) is 38.7 Å². The van der Waals surface area contributed by atoms with Crippen LogP contribution < -0.4 is 0 Å². The second-order valence-electron chi connectivity index (χ2n) is 7.64. The van der Waals surface area contributed by atoms with Crippen LogP contribution >= 0.6 is 0 Å². The Bertz CT molecular complexity index is 575. The van der Waals surface area contributed by atoms with Crippen LogP contribution in [0.3, 0.4) is 0 Å². The second-order valence-corrected chi connectivity index (χ2v) is 7.64. The zero-order chi connectivity index (χ0) is 18.8. The third kappa shape index (κ3) is 3.55. The van der Waals surface area contributed by atoms with E-state index in [4.69, 9.17) is 9.84 Å². The highest BCUT2D eigenvalue weighted by molar-refractivity contribution is 6.06. The standard InChI is InChI=1S/C19H28N2O5/c1-12(7-9-22)26-11-20(2)15(23)4-3-8-21-18(24)16-13-5-6-14(10-13)17(16)19(21)25/h5-6,12-14,16-17,22H,3-4,7-11H2,1-2H3. The van der Waals surface area contributed by atoms with Gasteiger partial charge in [-0.1, -0.05) is 12.2 Å². The maximum atomic E-state index is 12.6. The molecule has 2 fully saturated rings. The van der Waals surface area contributed by atoms with Gasteiger partial charge in [-0.3, -0.25) is 19.3 Å². The van der Waals surface area contributed by atoms with Crippen molar-refractivity contribution in [1.29, 1.82) is 0 Å². The van der Waals surface area contributed by atoms with Crippen molar-refractivity contribution in [2.24, 2.45) is 23.7 Å². The topological polar surface area (TPSA) is 87.2 Å². The summed E-state index contributed by atoms with van der Waals surface area (Å²) in [6, 6.07) is 0. The largest absolute Gasteiger partial charge is 0.396 e. The van der Waals surface area contributed by atoms with Crippen LogP contribution in [0.5, 0.6) is 0 Å². The molecule has 1 saturated carbocycles. The van der Waals surface area contributed by atoms with Crippen molar-refractivity contribution >= 4 is 17.7 Å². The number of hydrogen-bond donors (Lipinski definition) is 1. The molecule has 1 aliphatic heterocycles. The van der Waals surface area contributed by atoms with E-state index in [1.165, 1.54) is 9.80 Å². The van der Waals surface area contributed by atoms with Crippen LogP contribution in [0.15, 0.2) is 12.2 Å². The summed E-state index contributed by atoms with van der Waals surface area (Å²) in [7, 11) is 1.66. The molecule has 5 atom stereocenters. The van der Waals surface area contributed by atoms with Crippen LogP contribution in [0.25, 0.3) is 0 Å². The highest BCUT2D eigenvalue weighted by atomic mass is 16.5. The fraction of sp³-hybridized carbons (Fsp3) is 0.737. The molecule has 7 heteroatoms. The van der Waals surface area contributed by atoms with Gasteiger partial charge in [0.2, 0.25) is 17.7 Å². The van der Waals surface area contributed by atoms with E-state index in [1.54, 1.807) is 7.05 Å². The van der Waals surface area contributed by atoms with Gasteiger partial charge in [0.15, 0.2) is 0 Å². The fourth-order valence-electron chi connectivity index (χ4n) is 4.34. The lowest BCUT2D eigenvalue weighted by molar-refractivity contribution is -0.142. The third-order valence-electron chi connectivity index (χ3n) is 5.85. The summed E-state index contributed by atoms with van der Waals surface area (Å²) in [6.07, 6.45) is 6.24. The third-order valence-corrected chi connectivity index (χ3v) is 5.85. The van der Waals surface area contributed by atoms with Gasteiger partial charge in [0.1, 0.15) is 6.73 Å². The van der Waals surface area contributed by atoms with E-state index < -0.39 is 0 Å². The zero-order valence-corrected chi connectivity index (χ0v) is 15.5. The quantitative estimate of drug-likeness (QED) is 0.371. The maximum Gasteiger partial charge on any atom is 0.233 e. The summed E-state index contributed by atoms with van der Waals surface area (Å²) < 4.78 is 5.48. The lowest BCUT2D eigenvalue weighted by atomic mass is 9.85. The van der Waals surface area contributed by atoms with Crippen molar-refractivity contribution in [3.8, 4) is 0 Å². The Balaban J connectivity index is 1.42. The molecule has 0 aromatic heterocycles.